The zero-order chi connectivity index (χ0) is 21.9. The van der Waals surface area contributed by atoms with Gasteiger partial charge in [-0.3, -0.25) is 0 Å². The number of esters is 1. The summed E-state index contributed by atoms with van der Waals surface area (Å²) < 4.78 is 4.77. The van der Waals surface area contributed by atoms with Crippen LogP contribution in [0.3, 0.4) is 0 Å². The Hall–Kier alpha value is -2.39. The fraction of sp³-hybridized carbons (Fsp3) is 0.444. The highest BCUT2D eigenvalue weighted by molar-refractivity contribution is 5.89. The lowest BCUT2D eigenvalue weighted by molar-refractivity contribution is 0.0600. The molecule has 0 saturated heterocycles. The van der Waals surface area contributed by atoms with Gasteiger partial charge in [0, 0.05) is 6.61 Å². The number of hydrogen-bond acceptors (Lipinski definition) is 3. The van der Waals surface area contributed by atoms with Gasteiger partial charge in [-0.2, -0.15) is 0 Å². The van der Waals surface area contributed by atoms with Crippen molar-refractivity contribution in [3.8, 4) is 0 Å². The van der Waals surface area contributed by atoms with Gasteiger partial charge in [-0.25, -0.2) is 4.79 Å². The van der Waals surface area contributed by atoms with E-state index in [2.05, 4.69) is 52.0 Å². The van der Waals surface area contributed by atoms with Gasteiger partial charge in [-0.15, -0.1) is 0 Å². The second-order valence-corrected chi connectivity index (χ2v) is 9.64. The molecule has 0 bridgehead atoms. The molecule has 3 nitrogen and oxygen atoms in total. The number of aryl methyl sites for hydroxylation is 1. The third-order valence-corrected chi connectivity index (χ3v) is 6.50. The van der Waals surface area contributed by atoms with E-state index in [1.54, 1.807) is 12.1 Å². The molecule has 3 rings (SSSR count). The van der Waals surface area contributed by atoms with Gasteiger partial charge in [-0.05, 0) is 76.5 Å². The molecule has 2 aromatic carbocycles. The molecule has 160 valence electrons. The molecule has 0 saturated carbocycles. The molecule has 2 aromatic rings. The molecule has 1 N–H and O–H groups in total. The minimum absolute atomic E-state index is 0.158. The number of benzene rings is 2. The third-order valence-electron chi connectivity index (χ3n) is 6.50. The summed E-state index contributed by atoms with van der Waals surface area (Å²) >= 11 is 0. The van der Waals surface area contributed by atoms with Crippen molar-refractivity contribution in [3.05, 3.63) is 69.8 Å². The van der Waals surface area contributed by atoms with E-state index >= 15 is 0 Å². The van der Waals surface area contributed by atoms with Crippen LogP contribution >= 0.6 is 0 Å². The molecule has 0 unspecified atom stereocenters. The molecule has 0 atom stereocenters. The van der Waals surface area contributed by atoms with E-state index in [1.807, 2.05) is 12.1 Å². The van der Waals surface area contributed by atoms with E-state index in [0.717, 1.165) is 18.4 Å². The van der Waals surface area contributed by atoms with Crippen LogP contribution in [0.4, 0.5) is 0 Å². The zero-order valence-electron chi connectivity index (χ0n) is 18.9. The molecule has 0 fully saturated rings. The first-order chi connectivity index (χ1) is 14.2. The number of carbonyl (C=O) groups excluding carboxylic acids is 1. The molecular formula is C27H34O3. The highest BCUT2D eigenvalue weighted by Gasteiger charge is 2.37. The first kappa shape index (κ1) is 22.3. The second kappa shape index (κ2) is 8.77. The van der Waals surface area contributed by atoms with Gasteiger partial charge in [0.1, 0.15) is 0 Å². The van der Waals surface area contributed by atoms with Crippen molar-refractivity contribution in [2.75, 3.05) is 13.7 Å². The molecule has 30 heavy (non-hydrogen) atoms. The number of ether oxygens (including phenoxy) is 1. The Morgan fingerprint density at radius 1 is 1.00 bits per heavy atom. The van der Waals surface area contributed by atoms with E-state index in [1.165, 1.54) is 42.2 Å². The first-order valence-corrected chi connectivity index (χ1v) is 10.8. The zero-order valence-corrected chi connectivity index (χ0v) is 18.9. The lowest BCUT2D eigenvalue weighted by Gasteiger charge is -2.42. The van der Waals surface area contributed by atoms with Gasteiger partial charge in [0.25, 0.3) is 0 Å². The molecule has 0 radical (unpaired) electrons. The molecule has 1 aliphatic rings. The topological polar surface area (TPSA) is 46.5 Å². The molecule has 0 heterocycles. The predicted molar refractivity (Wildman–Crippen MR) is 124 cm³/mol. The summed E-state index contributed by atoms with van der Waals surface area (Å²) in [4.78, 5) is 11.6. The standard InChI is InChI=1S/C27H34O3/c1-26(2)14-15-27(3,4)24-18-22(21(7-6-16-28)17-23(24)26)13-10-19-8-11-20(12-9-19)25(29)30-5/h8-13,17-18,28H,6-7,14-16H2,1-5H3. The van der Waals surface area contributed by atoms with Crippen molar-refractivity contribution in [2.24, 2.45) is 0 Å². The fourth-order valence-electron chi connectivity index (χ4n) is 4.35. The maximum absolute atomic E-state index is 11.6. The number of fused-ring (bicyclic) bond motifs is 1. The van der Waals surface area contributed by atoms with Crippen LogP contribution in [0.5, 0.6) is 0 Å². The third kappa shape index (κ3) is 4.67. The summed E-state index contributed by atoms with van der Waals surface area (Å²) in [6.45, 7) is 9.57. The number of aliphatic hydroxyl groups excluding tert-OH is 1. The van der Waals surface area contributed by atoms with Gasteiger partial charge in [0.15, 0.2) is 0 Å². The Morgan fingerprint density at radius 2 is 1.60 bits per heavy atom. The molecule has 0 spiro atoms. The summed E-state index contributed by atoms with van der Waals surface area (Å²) in [5, 5.41) is 9.39. The minimum Gasteiger partial charge on any atom is -0.465 e. The molecule has 3 heteroatoms. The summed E-state index contributed by atoms with van der Waals surface area (Å²) in [7, 11) is 1.39. The lowest BCUT2D eigenvalue weighted by atomic mass is 9.62. The van der Waals surface area contributed by atoms with Crippen molar-refractivity contribution in [1.29, 1.82) is 0 Å². The van der Waals surface area contributed by atoms with Crippen LogP contribution in [0.25, 0.3) is 12.2 Å². The number of hydrogen-bond donors (Lipinski definition) is 1. The highest BCUT2D eigenvalue weighted by atomic mass is 16.5. The van der Waals surface area contributed by atoms with Crippen molar-refractivity contribution >= 4 is 18.1 Å². The Bertz CT molecular complexity index is 933. The predicted octanol–water partition coefficient (Wildman–Crippen LogP) is 5.92. The first-order valence-electron chi connectivity index (χ1n) is 10.8. The number of aliphatic hydroxyl groups is 1. The molecule has 0 aliphatic heterocycles. The lowest BCUT2D eigenvalue weighted by Crippen LogP contribution is -2.34. The van der Waals surface area contributed by atoms with Crippen LogP contribution in [0.2, 0.25) is 0 Å². The van der Waals surface area contributed by atoms with Crippen molar-refractivity contribution in [2.45, 2.75) is 64.2 Å². The van der Waals surface area contributed by atoms with Crippen LogP contribution < -0.4 is 0 Å². The Balaban J connectivity index is 2.00. The van der Waals surface area contributed by atoms with E-state index < -0.39 is 0 Å². The summed E-state index contributed by atoms with van der Waals surface area (Å²) in [6, 6.07) is 12.2. The molecule has 0 aromatic heterocycles. The van der Waals surface area contributed by atoms with Gasteiger partial charge < -0.3 is 9.84 Å². The molecular weight excluding hydrogens is 372 g/mol. The maximum atomic E-state index is 11.6. The highest BCUT2D eigenvalue weighted by Crippen LogP contribution is 2.46. The normalized spacial score (nSPS) is 17.0. The van der Waals surface area contributed by atoms with Crippen LogP contribution in [-0.4, -0.2) is 24.8 Å². The van der Waals surface area contributed by atoms with Gasteiger partial charge in [0.05, 0.1) is 12.7 Å². The monoisotopic (exact) mass is 406 g/mol. The Morgan fingerprint density at radius 3 is 2.17 bits per heavy atom. The van der Waals surface area contributed by atoms with Crippen LogP contribution in [0.15, 0.2) is 36.4 Å². The fourth-order valence-corrected chi connectivity index (χ4v) is 4.35. The van der Waals surface area contributed by atoms with Gasteiger partial charge in [0.2, 0.25) is 0 Å². The number of rotatable bonds is 6. The van der Waals surface area contributed by atoms with Gasteiger partial charge in [-0.1, -0.05) is 64.1 Å². The average molecular weight is 407 g/mol. The van der Waals surface area contributed by atoms with Crippen molar-refractivity contribution < 1.29 is 14.6 Å². The maximum Gasteiger partial charge on any atom is 0.337 e. The van der Waals surface area contributed by atoms with Crippen LogP contribution in [0, 0.1) is 0 Å². The van der Waals surface area contributed by atoms with Gasteiger partial charge >= 0.3 is 5.97 Å². The summed E-state index contributed by atoms with van der Waals surface area (Å²) in [6.07, 6.45) is 8.25. The average Bonchev–Trinajstić information content (AvgIpc) is 2.73. The van der Waals surface area contributed by atoms with Crippen molar-refractivity contribution in [3.63, 3.8) is 0 Å². The number of methoxy groups -OCH3 is 1. The Labute approximate surface area is 180 Å². The molecule has 1 aliphatic carbocycles. The quantitative estimate of drug-likeness (QED) is 0.479. The largest absolute Gasteiger partial charge is 0.465 e. The number of carbonyl (C=O) groups is 1. The SMILES string of the molecule is COC(=O)c1ccc(C=Cc2cc3c(cc2CCCO)C(C)(C)CCC3(C)C)cc1. The van der Waals surface area contributed by atoms with E-state index in [-0.39, 0.29) is 23.4 Å². The second-order valence-electron chi connectivity index (χ2n) is 9.64. The van der Waals surface area contributed by atoms with Crippen molar-refractivity contribution in [1.82, 2.24) is 0 Å². The van der Waals surface area contributed by atoms with E-state index in [4.69, 9.17) is 4.74 Å². The minimum atomic E-state index is -0.323. The smallest absolute Gasteiger partial charge is 0.337 e. The summed E-state index contributed by atoms with van der Waals surface area (Å²) in [5.41, 5.74) is 7.30. The Kier molecular flexibility index (Phi) is 6.52. The molecule has 0 amide bonds. The summed E-state index contributed by atoms with van der Waals surface area (Å²) in [5.74, 6) is -0.323. The van der Waals surface area contributed by atoms with Crippen LogP contribution in [-0.2, 0) is 22.0 Å². The van der Waals surface area contributed by atoms with E-state index in [0.29, 0.717) is 5.56 Å². The van der Waals surface area contributed by atoms with E-state index in [9.17, 15) is 9.90 Å². The van der Waals surface area contributed by atoms with Crippen LogP contribution in [0.1, 0.15) is 85.1 Å².